The van der Waals surface area contributed by atoms with Gasteiger partial charge >= 0.3 is 5.69 Å². The average molecular weight is 240 g/mol. The lowest BCUT2D eigenvalue weighted by atomic mass is 9.96. The Bertz CT molecular complexity index is 472. The lowest BCUT2D eigenvalue weighted by molar-refractivity contribution is -0.394. The molecule has 0 aromatic heterocycles. The number of nitro benzene ring substituents is 2. The van der Waals surface area contributed by atoms with Crippen molar-refractivity contribution in [2.24, 2.45) is 0 Å². The summed E-state index contributed by atoms with van der Waals surface area (Å²) in [6.45, 7) is 3.57. The number of aromatic hydroxyl groups is 1. The second kappa shape index (κ2) is 4.77. The maximum Gasteiger partial charge on any atom is 0.317 e. The van der Waals surface area contributed by atoms with Crippen molar-refractivity contribution in [2.45, 2.75) is 26.2 Å². The van der Waals surface area contributed by atoms with Crippen LogP contribution in [0, 0.1) is 20.2 Å². The van der Waals surface area contributed by atoms with Crippen molar-refractivity contribution >= 4 is 11.4 Å². The molecule has 0 amide bonds. The predicted molar refractivity (Wildman–Crippen MR) is 60.1 cm³/mol. The summed E-state index contributed by atoms with van der Waals surface area (Å²) in [6, 6.07) is 1.94. The first-order valence-electron chi connectivity index (χ1n) is 5.04. The highest BCUT2D eigenvalue weighted by molar-refractivity contribution is 5.58. The van der Waals surface area contributed by atoms with Gasteiger partial charge in [-0.3, -0.25) is 20.2 Å². The van der Waals surface area contributed by atoms with Crippen molar-refractivity contribution in [1.82, 2.24) is 0 Å². The fourth-order valence-electron chi connectivity index (χ4n) is 1.47. The molecule has 0 aliphatic heterocycles. The molecular weight excluding hydrogens is 228 g/mol. The zero-order valence-electron chi connectivity index (χ0n) is 9.41. The van der Waals surface area contributed by atoms with Gasteiger partial charge in [-0.25, -0.2) is 0 Å². The molecule has 1 aromatic rings. The molecule has 0 unspecified atom stereocenters. The summed E-state index contributed by atoms with van der Waals surface area (Å²) < 4.78 is 0. The molecule has 1 rings (SSSR count). The van der Waals surface area contributed by atoms with Gasteiger partial charge in [0.25, 0.3) is 5.69 Å². The van der Waals surface area contributed by atoms with E-state index in [0.717, 1.165) is 6.07 Å². The van der Waals surface area contributed by atoms with Crippen LogP contribution in [0.25, 0.3) is 0 Å². The number of non-ortho nitro benzene ring substituents is 1. The van der Waals surface area contributed by atoms with Gasteiger partial charge in [0.05, 0.1) is 15.9 Å². The molecule has 0 fully saturated rings. The van der Waals surface area contributed by atoms with E-state index in [9.17, 15) is 25.3 Å². The predicted octanol–water partition coefficient (Wildman–Crippen LogP) is 2.72. The quantitative estimate of drug-likeness (QED) is 0.643. The molecule has 0 saturated carbocycles. The van der Waals surface area contributed by atoms with E-state index < -0.39 is 21.3 Å². The van der Waals surface area contributed by atoms with Crippen LogP contribution in [-0.2, 0) is 0 Å². The second-order valence-electron chi connectivity index (χ2n) is 3.73. The van der Waals surface area contributed by atoms with E-state index in [4.69, 9.17) is 0 Å². The van der Waals surface area contributed by atoms with Crippen molar-refractivity contribution in [3.05, 3.63) is 37.9 Å². The van der Waals surface area contributed by atoms with Gasteiger partial charge in [-0.05, 0) is 12.3 Å². The minimum atomic E-state index is -0.825. The average Bonchev–Trinajstić information content (AvgIpc) is 2.27. The largest absolute Gasteiger partial charge is 0.502 e. The first-order chi connectivity index (χ1) is 7.88. The smallest absolute Gasteiger partial charge is 0.317 e. The number of nitro groups is 2. The Labute approximate surface area is 97.0 Å². The number of rotatable bonds is 4. The maximum atomic E-state index is 10.7. The Balaban J connectivity index is 3.48. The Morgan fingerprint density at radius 1 is 1.29 bits per heavy atom. The van der Waals surface area contributed by atoms with Gasteiger partial charge in [-0.1, -0.05) is 13.8 Å². The summed E-state index contributed by atoms with van der Waals surface area (Å²) in [5.41, 5.74) is -0.785. The van der Waals surface area contributed by atoms with Crippen LogP contribution in [-0.4, -0.2) is 15.0 Å². The van der Waals surface area contributed by atoms with Crippen molar-refractivity contribution in [2.75, 3.05) is 0 Å². The third kappa shape index (κ3) is 2.49. The van der Waals surface area contributed by atoms with E-state index in [1.165, 1.54) is 6.07 Å². The summed E-state index contributed by atoms with van der Waals surface area (Å²) in [6.07, 6.45) is 0.617. The van der Waals surface area contributed by atoms with E-state index in [2.05, 4.69) is 0 Å². The minimum absolute atomic E-state index is 0.186. The monoisotopic (exact) mass is 240 g/mol. The van der Waals surface area contributed by atoms with Gasteiger partial charge in [0.2, 0.25) is 0 Å². The summed E-state index contributed by atoms with van der Waals surface area (Å²) >= 11 is 0. The maximum absolute atomic E-state index is 10.7. The highest BCUT2D eigenvalue weighted by Gasteiger charge is 2.25. The van der Waals surface area contributed by atoms with Crippen molar-refractivity contribution < 1.29 is 15.0 Å². The van der Waals surface area contributed by atoms with Crippen LogP contribution in [0.15, 0.2) is 12.1 Å². The molecule has 1 aromatic carbocycles. The fraction of sp³-hybridized carbons (Fsp3) is 0.400. The molecule has 1 atom stereocenters. The SMILES string of the molecule is CC[C@H](C)c1cc([N+](=O)[O-])cc([N+](=O)[O-])c1O. The normalized spacial score (nSPS) is 12.1. The van der Waals surface area contributed by atoms with Crippen LogP contribution in [0.1, 0.15) is 31.7 Å². The topological polar surface area (TPSA) is 107 Å². The molecule has 0 heterocycles. The molecule has 0 aliphatic rings. The van der Waals surface area contributed by atoms with Crippen molar-refractivity contribution in [3.63, 3.8) is 0 Å². The first kappa shape index (κ1) is 12.9. The van der Waals surface area contributed by atoms with Crippen LogP contribution in [0.3, 0.4) is 0 Å². The zero-order chi connectivity index (χ0) is 13.2. The molecule has 0 spiro atoms. The minimum Gasteiger partial charge on any atom is -0.502 e. The van der Waals surface area contributed by atoms with Gasteiger partial charge in [-0.15, -0.1) is 0 Å². The summed E-state index contributed by atoms with van der Waals surface area (Å²) in [7, 11) is 0. The summed E-state index contributed by atoms with van der Waals surface area (Å²) in [4.78, 5) is 19.8. The fourth-order valence-corrected chi connectivity index (χ4v) is 1.47. The number of hydrogen-bond donors (Lipinski definition) is 1. The summed E-state index contributed by atoms with van der Waals surface area (Å²) in [5, 5.41) is 31.0. The molecule has 1 N–H and O–H groups in total. The summed E-state index contributed by atoms with van der Waals surface area (Å²) in [5.74, 6) is -0.677. The Morgan fingerprint density at radius 2 is 1.88 bits per heavy atom. The molecule has 92 valence electrons. The Kier molecular flexibility index (Phi) is 3.62. The van der Waals surface area contributed by atoms with Crippen LogP contribution in [0.2, 0.25) is 0 Å². The van der Waals surface area contributed by atoms with Crippen LogP contribution >= 0.6 is 0 Å². The lowest BCUT2D eigenvalue weighted by Crippen LogP contribution is -1.99. The number of phenols is 1. The number of benzene rings is 1. The third-order valence-corrected chi connectivity index (χ3v) is 2.65. The molecule has 0 aliphatic carbocycles. The Hall–Kier alpha value is -2.18. The van der Waals surface area contributed by atoms with Crippen LogP contribution in [0.5, 0.6) is 5.75 Å². The van der Waals surface area contributed by atoms with E-state index >= 15 is 0 Å². The van der Waals surface area contributed by atoms with E-state index in [0.29, 0.717) is 6.42 Å². The Morgan fingerprint density at radius 3 is 2.29 bits per heavy atom. The van der Waals surface area contributed by atoms with Gasteiger partial charge in [0, 0.05) is 11.6 Å². The van der Waals surface area contributed by atoms with Crippen LogP contribution < -0.4 is 0 Å². The number of hydrogen-bond acceptors (Lipinski definition) is 5. The molecular formula is C10H12N2O5. The standard InChI is InChI=1S/C10H12N2O5/c1-3-6(2)8-4-7(11(14)15)5-9(10(8)13)12(16)17/h4-6,13H,3H2,1-2H3/t6-/m0/s1. The molecule has 7 nitrogen and oxygen atoms in total. The molecule has 0 radical (unpaired) electrons. The molecule has 17 heavy (non-hydrogen) atoms. The lowest BCUT2D eigenvalue weighted by Gasteiger charge is -2.10. The van der Waals surface area contributed by atoms with Gasteiger partial charge in [0.15, 0.2) is 5.75 Å². The van der Waals surface area contributed by atoms with Gasteiger partial charge in [0.1, 0.15) is 0 Å². The third-order valence-electron chi connectivity index (χ3n) is 2.65. The second-order valence-corrected chi connectivity index (χ2v) is 3.73. The molecule has 7 heteroatoms. The molecule has 0 saturated heterocycles. The first-order valence-corrected chi connectivity index (χ1v) is 5.04. The highest BCUT2D eigenvalue weighted by Crippen LogP contribution is 2.38. The number of phenolic OH excluding ortho intramolecular Hbond substituents is 1. The van der Waals surface area contributed by atoms with E-state index in [-0.39, 0.29) is 17.2 Å². The van der Waals surface area contributed by atoms with Gasteiger partial charge < -0.3 is 5.11 Å². The van der Waals surface area contributed by atoms with Gasteiger partial charge in [-0.2, -0.15) is 0 Å². The molecule has 0 bridgehead atoms. The van der Waals surface area contributed by atoms with E-state index in [1.54, 1.807) is 6.92 Å². The van der Waals surface area contributed by atoms with Crippen LogP contribution in [0.4, 0.5) is 11.4 Å². The van der Waals surface area contributed by atoms with Crippen molar-refractivity contribution in [3.8, 4) is 5.75 Å². The zero-order valence-corrected chi connectivity index (χ0v) is 9.41. The van der Waals surface area contributed by atoms with E-state index in [1.807, 2.05) is 6.92 Å². The highest BCUT2D eigenvalue weighted by atomic mass is 16.6. The van der Waals surface area contributed by atoms with Crippen molar-refractivity contribution in [1.29, 1.82) is 0 Å². The number of nitrogens with zero attached hydrogens (tertiary/aromatic N) is 2.